The number of hydrogen-bond donors (Lipinski definition) is 3. The summed E-state index contributed by atoms with van der Waals surface area (Å²) in [4.78, 5) is 28.5. The number of carbonyl (C=O) groups is 2. The first-order chi connectivity index (χ1) is 16.4. The van der Waals surface area contributed by atoms with E-state index in [-0.39, 0.29) is 25.0 Å². The van der Waals surface area contributed by atoms with E-state index in [0.717, 1.165) is 24.8 Å². The third kappa shape index (κ3) is 5.15. The van der Waals surface area contributed by atoms with Crippen molar-refractivity contribution in [2.75, 3.05) is 19.7 Å². The van der Waals surface area contributed by atoms with Crippen LogP contribution in [0.15, 0.2) is 35.9 Å². The summed E-state index contributed by atoms with van der Waals surface area (Å²) in [6.45, 7) is 4.74. The smallest absolute Gasteiger partial charge is 0.247 e. The Balaban J connectivity index is 1.68. The number of benzene rings is 1. The fourth-order valence-electron chi connectivity index (χ4n) is 5.61. The molecule has 0 bridgehead atoms. The second-order valence-corrected chi connectivity index (χ2v) is 10.3. The predicted molar refractivity (Wildman–Crippen MR) is 129 cm³/mol. The summed E-state index contributed by atoms with van der Waals surface area (Å²) in [5, 5.41) is 23.5. The summed E-state index contributed by atoms with van der Waals surface area (Å²) in [5.41, 5.74) is 1.35. The van der Waals surface area contributed by atoms with Gasteiger partial charge in [-0.2, -0.15) is 0 Å². The maximum Gasteiger partial charge on any atom is 0.247 e. The normalized spacial score (nSPS) is 26.0. The molecule has 1 saturated carbocycles. The molecular formula is C27H38N2O5. The Kier molecular flexibility index (Phi) is 7.94. The van der Waals surface area contributed by atoms with E-state index in [1.807, 2.05) is 24.3 Å². The molecule has 1 fully saturated rings. The minimum Gasteiger partial charge on any atom is -0.486 e. The molecule has 4 rings (SSSR count). The summed E-state index contributed by atoms with van der Waals surface area (Å²) >= 11 is 0. The van der Waals surface area contributed by atoms with Crippen LogP contribution in [0.4, 0.5) is 0 Å². The summed E-state index contributed by atoms with van der Waals surface area (Å²) in [6.07, 6.45) is 5.95. The fraction of sp³-hybridized carbons (Fsp3) is 0.630. The van der Waals surface area contributed by atoms with Gasteiger partial charge in [0.2, 0.25) is 11.8 Å². The molecule has 3 aliphatic rings. The zero-order valence-electron chi connectivity index (χ0n) is 20.3. The number of fused-ring (bicyclic) bond motifs is 3. The minimum atomic E-state index is -0.952. The van der Waals surface area contributed by atoms with Crippen LogP contribution >= 0.6 is 0 Å². The fourth-order valence-corrected chi connectivity index (χ4v) is 5.61. The van der Waals surface area contributed by atoms with E-state index < -0.39 is 24.2 Å². The van der Waals surface area contributed by atoms with Gasteiger partial charge in [-0.3, -0.25) is 9.59 Å². The van der Waals surface area contributed by atoms with Gasteiger partial charge in [-0.25, -0.2) is 0 Å². The maximum absolute atomic E-state index is 13.5. The summed E-state index contributed by atoms with van der Waals surface area (Å²) in [5.74, 6) is 0.775. The molecular weight excluding hydrogens is 432 g/mol. The number of para-hydroxylation sites is 1. The molecule has 0 radical (unpaired) electrons. The number of aliphatic hydroxyl groups is 2. The summed E-state index contributed by atoms with van der Waals surface area (Å²) in [6, 6.07) is 6.89. The number of carbonyl (C=O) groups excluding carboxylic acids is 2. The number of aliphatic hydroxyl groups excluding tert-OH is 2. The Morgan fingerprint density at radius 3 is 2.65 bits per heavy atom. The van der Waals surface area contributed by atoms with E-state index in [2.05, 4.69) is 19.2 Å². The van der Waals surface area contributed by atoms with E-state index in [9.17, 15) is 19.8 Å². The molecule has 0 spiro atoms. The lowest BCUT2D eigenvalue weighted by Crippen LogP contribution is -2.56. The molecule has 0 aromatic heterocycles. The molecule has 3 N–H and O–H groups in total. The van der Waals surface area contributed by atoms with Gasteiger partial charge in [0.05, 0.1) is 18.6 Å². The van der Waals surface area contributed by atoms with Crippen LogP contribution in [0, 0.1) is 11.8 Å². The molecule has 2 amide bonds. The van der Waals surface area contributed by atoms with Crippen LogP contribution in [-0.4, -0.2) is 64.9 Å². The van der Waals surface area contributed by atoms with E-state index >= 15 is 0 Å². The van der Waals surface area contributed by atoms with Gasteiger partial charge in [-0.1, -0.05) is 44.9 Å². The Hall–Kier alpha value is -2.38. The van der Waals surface area contributed by atoms with Gasteiger partial charge in [-0.15, -0.1) is 0 Å². The van der Waals surface area contributed by atoms with Crippen LogP contribution in [0.3, 0.4) is 0 Å². The molecule has 1 heterocycles. The standard InChI is InChI=1S/C27H38N2O5/c1-17(2)11-13-29(23(31)15-18-7-3-4-8-18)21-16-20(27(33)28-12-14-30)24-19-9-5-6-10-22(19)34-26(24)25(21)32/h5-6,9-10,16-18,21,24-26,30,32H,3-4,7-8,11-15H2,1-2H3,(H,28,33)/t21-,24+,25+,26+/m1/s1. The molecule has 0 unspecified atom stereocenters. The highest BCUT2D eigenvalue weighted by molar-refractivity contribution is 5.96. The number of nitrogens with zero attached hydrogens (tertiary/aromatic N) is 1. The van der Waals surface area contributed by atoms with Crippen molar-refractivity contribution in [3.63, 3.8) is 0 Å². The van der Waals surface area contributed by atoms with Crippen LogP contribution in [0.1, 0.15) is 63.9 Å². The number of hydrogen-bond acceptors (Lipinski definition) is 5. The topological polar surface area (TPSA) is 99.1 Å². The highest BCUT2D eigenvalue weighted by Crippen LogP contribution is 2.47. The third-order valence-electron chi connectivity index (χ3n) is 7.44. The molecule has 1 aromatic rings. The van der Waals surface area contributed by atoms with Crippen molar-refractivity contribution in [2.45, 2.75) is 76.5 Å². The van der Waals surface area contributed by atoms with E-state index in [4.69, 9.17) is 4.74 Å². The van der Waals surface area contributed by atoms with Gasteiger partial charge in [-0.05, 0) is 43.2 Å². The van der Waals surface area contributed by atoms with Gasteiger partial charge in [0.1, 0.15) is 18.0 Å². The molecule has 2 aliphatic carbocycles. The van der Waals surface area contributed by atoms with Gasteiger partial charge in [0.25, 0.3) is 0 Å². The second-order valence-electron chi connectivity index (χ2n) is 10.3. The molecule has 34 heavy (non-hydrogen) atoms. The lowest BCUT2D eigenvalue weighted by Gasteiger charge is -2.41. The summed E-state index contributed by atoms with van der Waals surface area (Å²) < 4.78 is 6.17. The molecule has 1 aliphatic heterocycles. The average Bonchev–Trinajstić information content (AvgIpc) is 3.46. The highest BCUT2D eigenvalue weighted by Gasteiger charge is 2.50. The quantitative estimate of drug-likeness (QED) is 0.516. The average molecular weight is 471 g/mol. The van der Waals surface area contributed by atoms with Crippen LogP contribution in [0.25, 0.3) is 0 Å². The third-order valence-corrected chi connectivity index (χ3v) is 7.44. The molecule has 7 nitrogen and oxygen atoms in total. The van der Waals surface area contributed by atoms with Crippen molar-refractivity contribution in [1.82, 2.24) is 10.2 Å². The molecule has 0 saturated heterocycles. The Bertz CT molecular complexity index is 908. The largest absolute Gasteiger partial charge is 0.486 e. The Morgan fingerprint density at radius 1 is 1.21 bits per heavy atom. The van der Waals surface area contributed by atoms with E-state index in [1.54, 1.807) is 11.0 Å². The van der Waals surface area contributed by atoms with Crippen molar-refractivity contribution in [3.8, 4) is 5.75 Å². The Labute approximate surface area is 202 Å². The van der Waals surface area contributed by atoms with Gasteiger partial charge in [0.15, 0.2) is 0 Å². The van der Waals surface area contributed by atoms with Gasteiger partial charge in [0, 0.05) is 30.6 Å². The first-order valence-electron chi connectivity index (χ1n) is 12.7. The lowest BCUT2D eigenvalue weighted by atomic mass is 9.77. The number of amides is 2. The zero-order valence-corrected chi connectivity index (χ0v) is 20.3. The molecule has 186 valence electrons. The highest BCUT2D eigenvalue weighted by atomic mass is 16.5. The van der Waals surface area contributed by atoms with Crippen molar-refractivity contribution >= 4 is 11.8 Å². The predicted octanol–water partition coefficient (Wildman–Crippen LogP) is 2.76. The van der Waals surface area contributed by atoms with Crippen LogP contribution in [-0.2, 0) is 9.59 Å². The van der Waals surface area contributed by atoms with Crippen molar-refractivity contribution < 1.29 is 24.5 Å². The van der Waals surface area contributed by atoms with Crippen LogP contribution in [0.5, 0.6) is 5.75 Å². The number of ether oxygens (including phenoxy) is 1. The van der Waals surface area contributed by atoms with Gasteiger partial charge < -0.3 is 25.2 Å². The molecule has 7 heteroatoms. The summed E-state index contributed by atoms with van der Waals surface area (Å²) in [7, 11) is 0. The van der Waals surface area contributed by atoms with Crippen molar-refractivity contribution in [2.24, 2.45) is 11.8 Å². The number of nitrogens with one attached hydrogen (secondary N) is 1. The molecule has 1 aromatic carbocycles. The van der Waals surface area contributed by atoms with E-state index in [0.29, 0.717) is 36.1 Å². The van der Waals surface area contributed by atoms with E-state index in [1.165, 1.54) is 12.8 Å². The van der Waals surface area contributed by atoms with Crippen molar-refractivity contribution in [1.29, 1.82) is 0 Å². The van der Waals surface area contributed by atoms with Gasteiger partial charge >= 0.3 is 0 Å². The SMILES string of the molecule is CC(C)CCN(C(=O)CC1CCCC1)[C@@H]1C=C(C(=O)NCCO)[C@@H]2c3ccccc3O[C@@H]2[C@H]1O. The lowest BCUT2D eigenvalue weighted by molar-refractivity contribution is -0.138. The molecule has 4 atom stereocenters. The Morgan fingerprint density at radius 2 is 1.94 bits per heavy atom. The second kappa shape index (κ2) is 10.9. The van der Waals surface area contributed by atoms with Crippen LogP contribution in [0.2, 0.25) is 0 Å². The monoisotopic (exact) mass is 470 g/mol. The minimum absolute atomic E-state index is 0.0388. The first kappa shape index (κ1) is 24.7. The number of rotatable bonds is 9. The van der Waals surface area contributed by atoms with Crippen LogP contribution < -0.4 is 10.1 Å². The first-order valence-corrected chi connectivity index (χ1v) is 12.7. The maximum atomic E-state index is 13.5. The zero-order chi connectivity index (χ0) is 24.2. The van der Waals surface area contributed by atoms with Crippen molar-refractivity contribution in [3.05, 3.63) is 41.5 Å².